The van der Waals surface area contributed by atoms with Crippen LogP contribution in [0.1, 0.15) is 12.1 Å². The van der Waals surface area contributed by atoms with E-state index >= 15 is 0 Å². The highest BCUT2D eigenvalue weighted by Gasteiger charge is 2.04. The van der Waals surface area contributed by atoms with Crippen molar-refractivity contribution in [1.29, 1.82) is 0 Å². The highest BCUT2D eigenvalue weighted by atomic mass is 79.9. The summed E-state index contributed by atoms with van der Waals surface area (Å²) >= 11 is 3.34. The van der Waals surface area contributed by atoms with Crippen LogP contribution in [0, 0.1) is 6.92 Å². The first-order chi connectivity index (χ1) is 7.13. The first-order valence-electron chi connectivity index (χ1n) is 4.55. The molecule has 1 rings (SSSR count). The number of aromatic nitrogens is 1. The van der Waals surface area contributed by atoms with Crippen LogP contribution in [-0.2, 0) is 9.53 Å². The van der Waals surface area contributed by atoms with Gasteiger partial charge in [-0.2, -0.15) is 0 Å². The molecule has 15 heavy (non-hydrogen) atoms. The van der Waals surface area contributed by atoms with E-state index in [-0.39, 0.29) is 5.91 Å². The number of nitrogens with zero attached hydrogens (tertiary/aromatic N) is 1. The summed E-state index contributed by atoms with van der Waals surface area (Å²) < 4.78 is 5.73. The largest absolute Gasteiger partial charge is 0.384 e. The average Bonchev–Trinajstić information content (AvgIpc) is 2.20. The van der Waals surface area contributed by atoms with E-state index in [0.717, 1.165) is 10.2 Å². The molecule has 5 heteroatoms. The number of carbonyl (C=O) groups excluding carboxylic acids is 1. The fourth-order valence-electron chi connectivity index (χ4n) is 1.01. The van der Waals surface area contributed by atoms with Crippen LogP contribution in [0.15, 0.2) is 16.6 Å². The third-order valence-corrected chi connectivity index (χ3v) is 2.66. The Morgan fingerprint density at radius 2 is 2.33 bits per heavy atom. The molecule has 0 unspecified atom stereocenters. The Kier molecular flexibility index (Phi) is 4.71. The molecule has 0 aromatic carbocycles. The van der Waals surface area contributed by atoms with Gasteiger partial charge in [0.1, 0.15) is 5.82 Å². The smallest absolute Gasteiger partial charge is 0.227 e. The van der Waals surface area contributed by atoms with Crippen molar-refractivity contribution in [2.45, 2.75) is 13.3 Å². The predicted octanol–water partition coefficient (Wildman–Crippen LogP) is 2.13. The van der Waals surface area contributed by atoms with Crippen LogP contribution in [-0.4, -0.2) is 24.6 Å². The van der Waals surface area contributed by atoms with E-state index in [1.165, 1.54) is 0 Å². The van der Waals surface area contributed by atoms with Gasteiger partial charge < -0.3 is 10.1 Å². The molecule has 4 nitrogen and oxygen atoms in total. The summed E-state index contributed by atoms with van der Waals surface area (Å²) in [7, 11) is 1.56. The molecule has 0 aliphatic rings. The van der Waals surface area contributed by atoms with Gasteiger partial charge in [0.05, 0.1) is 18.7 Å². The van der Waals surface area contributed by atoms with Crippen LogP contribution >= 0.6 is 15.9 Å². The molecule has 0 spiro atoms. The lowest BCUT2D eigenvalue weighted by Crippen LogP contribution is -2.14. The van der Waals surface area contributed by atoms with E-state index in [9.17, 15) is 4.79 Å². The first-order valence-corrected chi connectivity index (χ1v) is 5.34. The number of methoxy groups -OCH3 is 1. The zero-order valence-corrected chi connectivity index (χ0v) is 10.3. The minimum atomic E-state index is -0.0916. The van der Waals surface area contributed by atoms with E-state index in [1.807, 2.05) is 13.0 Å². The maximum Gasteiger partial charge on any atom is 0.227 e. The fraction of sp³-hybridized carbons (Fsp3) is 0.400. The Morgan fingerprint density at radius 1 is 1.60 bits per heavy atom. The lowest BCUT2D eigenvalue weighted by molar-refractivity contribution is -0.117. The van der Waals surface area contributed by atoms with E-state index in [1.54, 1.807) is 13.2 Å². The molecule has 0 aliphatic carbocycles. The van der Waals surface area contributed by atoms with E-state index < -0.39 is 0 Å². The average molecular weight is 273 g/mol. The van der Waals surface area contributed by atoms with Crippen molar-refractivity contribution in [2.24, 2.45) is 0 Å². The molecule has 0 radical (unpaired) electrons. The molecular formula is C10H13BrN2O2. The van der Waals surface area contributed by atoms with Gasteiger partial charge in [-0.25, -0.2) is 4.98 Å². The van der Waals surface area contributed by atoms with Crippen molar-refractivity contribution in [3.8, 4) is 0 Å². The van der Waals surface area contributed by atoms with Crippen molar-refractivity contribution < 1.29 is 9.53 Å². The van der Waals surface area contributed by atoms with Gasteiger partial charge >= 0.3 is 0 Å². The van der Waals surface area contributed by atoms with Crippen LogP contribution in [0.5, 0.6) is 0 Å². The summed E-state index contributed by atoms with van der Waals surface area (Å²) in [6, 6.07) is 3.61. The Balaban J connectivity index is 2.57. The Labute approximate surface area is 97.2 Å². The molecular weight excluding hydrogens is 260 g/mol. The van der Waals surface area contributed by atoms with Crippen LogP contribution in [0.25, 0.3) is 0 Å². The quantitative estimate of drug-likeness (QED) is 0.914. The number of hydrogen-bond acceptors (Lipinski definition) is 3. The summed E-state index contributed by atoms with van der Waals surface area (Å²) in [6.45, 7) is 2.29. The van der Waals surface area contributed by atoms with Crippen molar-refractivity contribution in [3.63, 3.8) is 0 Å². The topological polar surface area (TPSA) is 51.2 Å². The van der Waals surface area contributed by atoms with E-state index in [4.69, 9.17) is 4.74 Å². The molecule has 82 valence electrons. The lowest BCUT2D eigenvalue weighted by atomic mass is 10.3. The molecule has 0 fully saturated rings. The maximum absolute atomic E-state index is 11.3. The highest BCUT2D eigenvalue weighted by Crippen LogP contribution is 2.16. The molecule has 0 saturated heterocycles. The number of aryl methyl sites for hydroxylation is 1. The maximum atomic E-state index is 11.3. The molecule has 0 atom stereocenters. The summed E-state index contributed by atoms with van der Waals surface area (Å²) in [5.74, 6) is 0.475. The van der Waals surface area contributed by atoms with Crippen molar-refractivity contribution in [3.05, 3.63) is 22.3 Å². The second-order valence-electron chi connectivity index (χ2n) is 3.05. The van der Waals surface area contributed by atoms with Crippen molar-refractivity contribution in [1.82, 2.24) is 4.98 Å². The molecule has 0 saturated carbocycles. The van der Waals surface area contributed by atoms with Gasteiger partial charge in [0.15, 0.2) is 0 Å². The second-order valence-corrected chi connectivity index (χ2v) is 3.91. The molecule has 1 aromatic rings. The van der Waals surface area contributed by atoms with E-state index in [2.05, 4.69) is 26.2 Å². The van der Waals surface area contributed by atoms with Gasteiger partial charge in [-0.1, -0.05) is 0 Å². The molecule has 1 amide bonds. The number of ether oxygens (including phenoxy) is 1. The number of hydrogen-bond donors (Lipinski definition) is 1. The van der Waals surface area contributed by atoms with Crippen LogP contribution in [0.3, 0.4) is 0 Å². The van der Waals surface area contributed by atoms with Gasteiger partial charge in [-0.3, -0.25) is 4.79 Å². The third-order valence-electron chi connectivity index (χ3n) is 1.82. The number of anilines is 1. The molecule has 0 bridgehead atoms. The van der Waals surface area contributed by atoms with Crippen LogP contribution < -0.4 is 5.32 Å². The molecule has 1 aromatic heterocycles. The lowest BCUT2D eigenvalue weighted by Gasteiger charge is -2.05. The van der Waals surface area contributed by atoms with Crippen LogP contribution in [0.4, 0.5) is 5.82 Å². The monoisotopic (exact) mass is 272 g/mol. The molecule has 0 aliphatic heterocycles. The molecule has 1 heterocycles. The van der Waals surface area contributed by atoms with Gasteiger partial charge in [0, 0.05) is 11.6 Å². The SMILES string of the molecule is COCCC(=O)Nc1ccc(Br)c(C)n1. The summed E-state index contributed by atoms with van der Waals surface area (Å²) in [5.41, 5.74) is 0.847. The number of amides is 1. The Hall–Kier alpha value is -0.940. The van der Waals surface area contributed by atoms with Crippen molar-refractivity contribution in [2.75, 3.05) is 19.0 Å². The summed E-state index contributed by atoms with van der Waals surface area (Å²) in [5, 5.41) is 2.69. The Bertz CT molecular complexity index is 355. The normalized spacial score (nSPS) is 10.1. The standard InChI is InChI=1S/C10H13BrN2O2/c1-7-8(11)3-4-9(12-7)13-10(14)5-6-15-2/h3-4H,5-6H2,1-2H3,(H,12,13,14). The molecule has 1 N–H and O–H groups in total. The zero-order chi connectivity index (χ0) is 11.3. The van der Waals surface area contributed by atoms with Gasteiger partial charge in [0.2, 0.25) is 5.91 Å². The fourth-order valence-corrected chi connectivity index (χ4v) is 1.23. The third kappa shape index (κ3) is 3.97. The number of pyridine rings is 1. The highest BCUT2D eigenvalue weighted by molar-refractivity contribution is 9.10. The number of nitrogens with one attached hydrogen (secondary N) is 1. The number of halogens is 1. The minimum Gasteiger partial charge on any atom is -0.384 e. The Morgan fingerprint density at radius 3 is 2.93 bits per heavy atom. The van der Waals surface area contributed by atoms with Gasteiger partial charge in [0.25, 0.3) is 0 Å². The van der Waals surface area contributed by atoms with E-state index in [0.29, 0.717) is 18.8 Å². The zero-order valence-electron chi connectivity index (χ0n) is 8.71. The summed E-state index contributed by atoms with van der Waals surface area (Å²) in [6.07, 6.45) is 0.341. The minimum absolute atomic E-state index is 0.0916. The number of carbonyl (C=O) groups is 1. The van der Waals surface area contributed by atoms with Crippen LogP contribution in [0.2, 0.25) is 0 Å². The first kappa shape index (κ1) is 12.1. The van der Waals surface area contributed by atoms with Crippen molar-refractivity contribution >= 4 is 27.7 Å². The van der Waals surface area contributed by atoms with Gasteiger partial charge in [-0.05, 0) is 35.0 Å². The predicted molar refractivity (Wildman–Crippen MR) is 61.8 cm³/mol. The van der Waals surface area contributed by atoms with Gasteiger partial charge in [-0.15, -0.1) is 0 Å². The number of rotatable bonds is 4. The summed E-state index contributed by atoms with van der Waals surface area (Å²) in [4.78, 5) is 15.5. The second kappa shape index (κ2) is 5.82.